The monoisotopic (exact) mass is 323 g/mol. The molecule has 0 aliphatic carbocycles. The van der Waals surface area contributed by atoms with Crippen LogP contribution in [0.15, 0.2) is 0 Å². The molecule has 1 aliphatic rings. The fourth-order valence-corrected chi connectivity index (χ4v) is 3.78. The highest BCUT2D eigenvalue weighted by atomic mass is 35.5. The van der Waals surface area contributed by atoms with Crippen LogP contribution in [0.3, 0.4) is 0 Å². The summed E-state index contributed by atoms with van der Waals surface area (Å²) in [5.41, 5.74) is 0. The Kier molecular flexibility index (Phi) is 5.91. The zero-order valence-electron chi connectivity index (χ0n) is 10.5. The number of morpholine rings is 1. The third-order valence-electron chi connectivity index (χ3n) is 2.84. The largest absolute Gasteiger partial charge is 0.389 e. The standard InChI is InChI=1S/C10H17ClF3NO3S/c1-8-7-18-9(5-11)6-15(8)19(16,17)4-2-3-10(12,13)14/h8-9H,2-7H2,1H3. The van der Waals surface area contributed by atoms with Crippen LogP contribution in [0.2, 0.25) is 0 Å². The Morgan fingerprint density at radius 1 is 1.42 bits per heavy atom. The molecule has 1 saturated heterocycles. The van der Waals surface area contributed by atoms with Gasteiger partial charge in [0.25, 0.3) is 0 Å². The van der Waals surface area contributed by atoms with E-state index in [2.05, 4.69) is 0 Å². The molecule has 0 spiro atoms. The van der Waals surface area contributed by atoms with Gasteiger partial charge in [-0.05, 0) is 13.3 Å². The summed E-state index contributed by atoms with van der Waals surface area (Å²) in [6.07, 6.45) is -6.26. The first-order valence-corrected chi connectivity index (χ1v) is 8.04. The lowest BCUT2D eigenvalue weighted by Gasteiger charge is -2.36. The summed E-state index contributed by atoms with van der Waals surface area (Å²) < 4.78 is 66.6. The molecule has 9 heteroatoms. The molecule has 0 bridgehead atoms. The zero-order valence-corrected chi connectivity index (χ0v) is 12.1. The third kappa shape index (κ3) is 5.45. The lowest BCUT2D eigenvalue weighted by atomic mass is 10.2. The predicted octanol–water partition coefficient (Wildman–Crippen LogP) is 1.99. The van der Waals surface area contributed by atoms with Crippen molar-refractivity contribution < 1.29 is 26.3 Å². The number of rotatable bonds is 5. The van der Waals surface area contributed by atoms with E-state index in [0.29, 0.717) is 0 Å². The van der Waals surface area contributed by atoms with E-state index < -0.39 is 40.9 Å². The highest BCUT2D eigenvalue weighted by molar-refractivity contribution is 7.89. The molecule has 1 aliphatic heterocycles. The van der Waals surface area contributed by atoms with Gasteiger partial charge in [-0.25, -0.2) is 8.42 Å². The van der Waals surface area contributed by atoms with Crippen molar-refractivity contribution in [2.45, 2.75) is 38.1 Å². The Balaban J connectivity index is 2.59. The number of nitrogens with zero attached hydrogens (tertiary/aromatic N) is 1. The molecule has 0 aromatic rings. The minimum absolute atomic E-state index is 0.0962. The van der Waals surface area contributed by atoms with Crippen molar-refractivity contribution in [2.75, 3.05) is 24.8 Å². The van der Waals surface area contributed by atoms with Gasteiger partial charge in [0.2, 0.25) is 10.0 Å². The van der Waals surface area contributed by atoms with Crippen LogP contribution in [0.4, 0.5) is 13.2 Å². The van der Waals surface area contributed by atoms with Crippen LogP contribution in [0, 0.1) is 0 Å². The van der Waals surface area contributed by atoms with Gasteiger partial charge in [-0.3, -0.25) is 0 Å². The molecule has 0 aromatic carbocycles. The molecule has 2 atom stereocenters. The molecule has 0 N–H and O–H groups in total. The third-order valence-corrected chi connectivity index (χ3v) is 5.21. The fourth-order valence-electron chi connectivity index (χ4n) is 1.85. The van der Waals surface area contributed by atoms with Gasteiger partial charge in [0.05, 0.1) is 18.5 Å². The molecule has 4 nitrogen and oxygen atoms in total. The van der Waals surface area contributed by atoms with E-state index in [1.807, 2.05) is 0 Å². The van der Waals surface area contributed by atoms with Crippen LogP contribution in [-0.2, 0) is 14.8 Å². The molecule has 0 saturated carbocycles. The van der Waals surface area contributed by atoms with Gasteiger partial charge in [-0.15, -0.1) is 11.6 Å². The minimum Gasteiger partial charge on any atom is -0.374 e. The average Bonchev–Trinajstić information content (AvgIpc) is 2.27. The van der Waals surface area contributed by atoms with E-state index >= 15 is 0 Å². The maximum absolute atomic E-state index is 12.0. The molecular weight excluding hydrogens is 307 g/mol. The van der Waals surface area contributed by atoms with Gasteiger partial charge < -0.3 is 4.74 Å². The second-order valence-electron chi connectivity index (χ2n) is 4.56. The van der Waals surface area contributed by atoms with Crippen molar-refractivity contribution in [3.63, 3.8) is 0 Å². The van der Waals surface area contributed by atoms with Crippen molar-refractivity contribution in [3.05, 3.63) is 0 Å². The van der Waals surface area contributed by atoms with E-state index in [9.17, 15) is 21.6 Å². The molecule has 114 valence electrons. The zero-order chi connectivity index (χ0) is 14.7. The highest BCUT2D eigenvalue weighted by Crippen LogP contribution is 2.23. The summed E-state index contributed by atoms with van der Waals surface area (Å²) >= 11 is 5.61. The van der Waals surface area contributed by atoms with Crippen molar-refractivity contribution >= 4 is 21.6 Å². The van der Waals surface area contributed by atoms with E-state index in [4.69, 9.17) is 16.3 Å². The van der Waals surface area contributed by atoms with E-state index in [1.165, 1.54) is 4.31 Å². The van der Waals surface area contributed by atoms with Crippen molar-refractivity contribution in [1.29, 1.82) is 0 Å². The minimum atomic E-state index is -4.33. The number of hydrogen-bond acceptors (Lipinski definition) is 3. The molecule has 2 unspecified atom stereocenters. The molecule has 0 radical (unpaired) electrons. The number of halogens is 4. The fraction of sp³-hybridized carbons (Fsp3) is 1.00. The van der Waals surface area contributed by atoms with E-state index in [0.717, 1.165) is 0 Å². The van der Waals surface area contributed by atoms with Gasteiger partial charge in [0.1, 0.15) is 0 Å². The van der Waals surface area contributed by atoms with Crippen LogP contribution in [0.1, 0.15) is 19.8 Å². The Labute approximate surface area is 115 Å². The van der Waals surface area contributed by atoms with E-state index in [-0.39, 0.29) is 25.1 Å². The maximum Gasteiger partial charge on any atom is 0.389 e. The lowest BCUT2D eigenvalue weighted by molar-refractivity contribution is -0.134. The van der Waals surface area contributed by atoms with Crippen molar-refractivity contribution in [2.24, 2.45) is 0 Å². The average molecular weight is 324 g/mol. The lowest BCUT2D eigenvalue weighted by Crippen LogP contribution is -2.52. The first-order chi connectivity index (χ1) is 8.65. The summed E-state index contributed by atoms with van der Waals surface area (Å²) in [5, 5.41) is 0. The van der Waals surface area contributed by atoms with Gasteiger partial charge in [-0.1, -0.05) is 0 Å². The van der Waals surface area contributed by atoms with Crippen molar-refractivity contribution in [1.82, 2.24) is 4.31 Å². The Morgan fingerprint density at radius 3 is 2.58 bits per heavy atom. The van der Waals surface area contributed by atoms with Crippen LogP contribution >= 0.6 is 11.6 Å². The summed E-state index contributed by atoms with van der Waals surface area (Å²) in [4.78, 5) is 0. The summed E-state index contributed by atoms with van der Waals surface area (Å²) in [7, 11) is -3.70. The van der Waals surface area contributed by atoms with Crippen LogP contribution < -0.4 is 0 Å². The summed E-state index contributed by atoms with van der Waals surface area (Å²) in [5.74, 6) is -0.354. The number of ether oxygens (including phenoxy) is 1. The van der Waals surface area contributed by atoms with Gasteiger partial charge in [0, 0.05) is 24.9 Å². The number of alkyl halides is 4. The molecule has 0 aromatic heterocycles. The smallest absolute Gasteiger partial charge is 0.374 e. The quantitative estimate of drug-likeness (QED) is 0.727. The summed E-state index contributed by atoms with van der Waals surface area (Å²) in [6, 6.07) is -0.379. The van der Waals surface area contributed by atoms with Crippen LogP contribution in [0.25, 0.3) is 0 Å². The first kappa shape index (κ1) is 17.0. The highest BCUT2D eigenvalue weighted by Gasteiger charge is 2.35. The van der Waals surface area contributed by atoms with Crippen molar-refractivity contribution in [3.8, 4) is 0 Å². The SMILES string of the molecule is CC1COC(CCl)CN1S(=O)(=O)CCCC(F)(F)F. The van der Waals surface area contributed by atoms with Crippen LogP contribution in [-0.4, -0.2) is 55.8 Å². The normalized spacial score (nSPS) is 26.6. The topological polar surface area (TPSA) is 46.6 Å². The molecule has 1 heterocycles. The Morgan fingerprint density at radius 2 is 2.05 bits per heavy atom. The number of hydrogen-bond donors (Lipinski definition) is 0. The van der Waals surface area contributed by atoms with E-state index in [1.54, 1.807) is 6.92 Å². The molecular formula is C10H17ClF3NO3S. The molecule has 1 fully saturated rings. The number of sulfonamides is 1. The Hall–Kier alpha value is -0.0500. The van der Waals surface area contributed by atoms with Gasteiger partial charge >= 0.3 is 6.18 Å². The van der Waals surface area contributed by atoms with Crippen LogP contribution in [0.5, 0.6) is 0 Å². The Bertz CT molecular complexity index is 388. The molecule has 19 heavy (non-hydrogen) atoms. The summed E-state index contributed by atoms with van der Waals surface area (Å²) in [6.45, 7) is 1.96. The second kappa shape index (κ2) is 6.60. The first-order valence-electron chi connectivity index (χ1n) is 5.89. The second-order valence-corrected chi connectivity index (χ2v) is 6.91. The molecule has 0 amide bonds. The predicted molar refractivity (Wildman–Crippen MR) is 65.7 cm³/mol. The van der Waals surface area contributed by atoms with Gasteiger partial charge in [0.15, 0.2) is 0 Å². The maximum atomic E-state index is 12.0. The molecule has 1 rings (SSSR count). The van der Waals surface area contributed by atoms with Gasteiger partial charge in [-0.2, -0.15) is 17.5 Å².